The smallest absolute Gasteiger partial charge is 0.142 e. The number of hydrogen-bond donors (Lipinski definition) is 0. The molecule has 1 heterocycles. The first-order valence-electron chi connectivity index (χ1n) is 7.43. The second-order valence-corrected chi connectivity index (χ2v) is 5.79. The summed E-state index contributed by atoms with van der Waals surface area (Å²) in [6.45, 7) is 2.66. The lowest BCUT2D eigenvalue weighted by molar-refractivity contribution is 0.0877. The zero-order valence-corrected chi connectivity index (χ0v) is 11.6. The minimum Gasteiger partial charge on any atom is -0.477 e. The molecule has 2 nitrogen and oxygen atoms in total. The van der Waals surface area contributed by atoms with Gasteiger partial charge in [0.25, 0.3) is 0 Å². The molecule has 0 aromatic heterocycles. The summed E-state index contributed by atoms with van der Waals surface area (Å²) in [6, 6.07) is 15.2. The van der Waals surface area contributed by atoms with Crippen LogP contribution in [0.15, 0.2) is 42.5 Å². The molecule has 4 rings (SSSR count). The number of hydrogen-bond acceptors (Lipinski definition) is 2. The summed E-state index contributed by atoms with van der Waals surface area (Å²) in [6.07, 6.45) is 3.69. The van der Waals surface area contributed by atoms with E-state index in [1.54, 1.807) is 0 Å². The summed E-state index contributed by atoms with van der Waals surface area (Å²) in [5.74, 6) is 1.18. The highest BCUT2D eigenvalue weighted by Crippen LogP contribution is 2.36. The molecule has 0 N–H and O–H groups in total. The van der Waals surface area contributed by atoms with Crippen LogP contribution < -0.4 is 4.74 Å². The second kappa shape index (κ2) is 4.95. The fourth-order valence-corrected chi connectivity index (χ4v) is 3.37. The van der Waals surface area contributed by atoms with E-state index < -0.39 is 0 Å². The Balaban J connectivity index is 1.56. The third-order valence-electron chi connectivity index (χ3n) is 4.35. The highest BCUT2D eigenvalue weighted by atomic mass is 16.5. The van der Waals surface area contributed by atoms with Crippen molar-refractivity contribution in [1.29, 1.82) is 0 Å². The third kappa shape index (κ3) is 2.10. The van der Waals surface area contributed by atoms with Gasteiger partial charge in [-0.1, -0.05) is 42.5 Å². The Kier molecular flexibility index (Phi) is 2.96. The highest BCUT2D eigenvalue weighted by Gasteiger charge is 2.24. The molecule has 1 aliphatic carbocycles. The van der Waals surface area contributed by atoms with Crippen molar-refractivity contribution in [2.75, 3.05) is 6.73 Å². The second-order valence-electron chi connectivity index (χ2n) is 5.79. The van der Waals surface area contributed by atoms with Gasteiger partial charge in [-0.2, -0.15) is 0 Å². The summed E-state index contributed by atoms with van der Waals surface area (Å²) in [7, 11) is 0. The Morgan fingerprint density at radius 2 is 1.80 bits per heavy atom. The first-order chi connectivity index (χ1) is 9.90. The topological polar surface area (TPSA) is 12.5 Å². The van der Waals surface area contributed by atoms with Crippen molar-refractivity contribution in [1.82, 2.24) is 4.90 Å². The van der Waals surface area contributed by atoms with Crippen LogP contribution in [0.2, 0.25) is 0 Å². The Hall–Kier alpha value is -1.80. The van der Waals surface area contributed by atoms with Crippen molar-refractivity contribution in [3.63, 3.8) is 0 Å². The van der Waals surface area contributed by atoms with E-state index in [4.69, 9.17) is 4.74 Å². The van der Waals surface area contributed by atoms with Crippen molar-refractivity contribution >= 4 is 0 Å². The molecule has 0 saturated heterocycles. The van der Waals surface area contributed by atoms with E-state index in [1.807, 2.05) is 0 Å². The number of ether oxygens (including phenoxy) is 1. The van der Waals surface area contributed by atoms with Crippen molar-refractivity contribution in [3.05, 3.63) is 64.7 Å². The van der Waals surface area contributed by atoms with E-state index in [2.05, 4.69) is 47.4 Å². The average Bonchev–Trinajstić information content (AvgIpc) is 2.97. The van der Waals surface area contributed by atoms with Crippen LogP contribution in [0.25, 0.3) is 0 Å². The van der Waals surface area contributed by atoms with Crippen LogP contribution in [-0.4, -0.2) is 11.6 Å². The predicted molar refractivity (Wildman–Crippen MR) is 79.7 cm³/mol. The summed E-state index contributed by atoms with van der Waals surface area (Å²) >= 11 is 0. The number of nitrogens with zero attached hydrogens (tertiary/aromatic N) is 1. The van der Waals surface area contributed by atoms with Crippen LogP contribution >= 0.6 is 0 Å². The molecule has 2 aliphatic rings. The SMILES string of the molecule is c1ccc(CN2COc3c(ccc4c3CCC4)C2)cc1. The summed E-state index contributed by atoms with van der Waals surface area (Å²) in [5.41, 5.74) is 5.68. The summed E-state index contributed by atoms with van der Waals surface area (Å²) in [5, 5.41) is 0. The van der Waals surface area contributed by atoms with E-state index >= 15 is 0 Å². The number of aryl methyl sites for hydroxylation is 1. The molecule has 0 spiro atoms. The predicted octanol–water partition coefficient (Wildman–Crippen LogP) is 3.53. The molecule has 0 atom stereocenters. The average molecular weight is 265 g/mol. The van der Waals surface area contributed by atoms with Gasteiger partial charge in [0.1, 0.15) is 12.5 Å². The zero-order chi connectivity index (χ0) is 13.4. The van der Waals surface area contributed by atoms with Crippen molar-refractivity contribution in [2.45, 2.75) is 32.4 Å². The van der Waals surface area contributed by atoms with Gasteiger partial charge < -0.3 is 4.74 Å². The van der Waals surface area contributed by atoms with Gasteiger partial charge in [0, 0.05) is 18.7 Å². The van der Waals surface area contributed by atoms with E-state index in [9.17, 15) is 0 Å². The Morgan fingerprint density at radius 3 is 2.70 bits per heavy atom. The molecule has 2 aromatic carbocycles. The largest absolute Gasteiger partial charge is 0.477 e. The first kappa shape index (κ1) is 12.0. The van der Waals surface area contributed by atoms with Gasteiger partial charge in [0.05, 0.1) is 0 Å². The number of fused-ring (bicyclic) bond motifs is 3. The Morgan fingerprint density at radius 1 is 0.950 bits per heavy atom. The van der Waals surface area contributed by atoms with E-state index in [1.165, 1.54) is 47.3 Å². The van der Waals surface area contributed by atoms with E-state index in [0.717, 1.165) is 13.1 Å². The quantitative estimate of drug-likeness (QED) is 0.823. The lowest BCUT2D eigenvalue weighted by Crippen LogP contribution is -2.32. The Labute approximate surface area is 120 Å². The normalized spacial score (nSPS) is 17.4. The fraction of sp³-hybridized carbons (Fsp3) is 0.333. The molecule has 102 valence electrons. The van der Waals surface area contributed by atoms with E-state index in [-0.39, 0.29) is 0 Å². The maximum atomic E-state index is 6.08. The van der Waals surface area contributed by atoms with Gasteiger partial charge in [-0.15, -0.1) is 0 Å². The standard InChI is InChI=1S/C18H19NO/c1-2-5-14(6-3-1)11-19-12-16-10-9-15-7-4-8-17(15)18(16)20-13-19/h1-3,5-6,9-10H,4,7-8,11-13H2. The van der Waals surface area contributed by atoms with Gasteiger partial charge in [-0.05, 0) is 36.0 Å². The minimum absolute atomic E-state index is 0.707. The van der Waals surface area contributed by atoms with Crippen molar-refractivity contribution in [2.24, 2.45) is 0 Å². The molecule has 0 saturated carbocycles. The molecule has 0 radical (unpaired) electrons. The molecule has 20 heavy (non-hydrogen) atoms. The molecule has 1 aliphatic heterocycles. The van der Waals surface area contributed by atoms with Gasteiger partial charge in [0.15, 0.2) is 0 Å². The molecule has 2 heteroatoms. The van der Waals surface area contributed by atoms with Crippen molar-refractivity contribution < 1.29 is 4.74 Å². The molecule has 0 amide bonds. The van der Waals surface area contributed by atoms with Crippen LogP contribution in [0, 0.1) is 0 Å². The van der Waals surface area contributed by atoms with Crippen LogP contribution in [0.1, 0.15) is 28.7 Å². The molecule has 2 aromatic rings. The van der Waals surface area contributed by atoms with Gasteiger partial charge >= 0.3 is 0 Å². The maximum Gasteiger partial charge on any atom is 0.142 e. The third-order valence-corrected chi connectivity index (χ3v) is 4.35. The lowest BCUT2D eigenvalue weighted by atomic mass is 10.0. The zero-order valence-electron chi connectivity index (χ0n) is 11.6. The van der Waals surface area contributed by atoms with Gasteiger partial charge in [-0.25, -0.2) is 0 Å². The summed E-state index contributed by atoms with van der Waals surface area (Å²) in [4.78, 5) is 2.36. The first-order valence-corrected chi connectivity index (χ1v) is 7.43. The van der Waals surface area contributed by atoms with Crippen LogP contribution in [0.3, 0.4) is 0 Å². The number of benzene rings is 2. The molecular weight excluding hydrogens is 246 g/mol. The number of rotatable bonds is 2. The van der Waals surface area contributed by atoms with E-state index in [0.29, 0.717) is 6.73 Å². The molecular formula is C18H19NO. The maximum absolute atomic E-state index is 6.08. The molecule has 0 fully saturated rings. The highest BCUT2D eigenvalue weighted by molar-refractivity contribution is 5.49. The van der Waals surface area contributed by atoms with Gasteiger partial charge in [0.2, 0.25) is 0 Å². The lowest BCUT2D eigenvalue weighted by Gasteiger charge is -2.30. The van der Waals surface area contributed by atoms with Crippen LogP contribution in [-0.2, 0) is 25.9 Å². The summed E-state index contributed by atoms with van der Waals surface area (Å²) < 4.78 is 6.08. The molecule has 0 bridgehead atoms. The van der Waals surface area contributed by atoms with Crippen molar-refractivity contribution in [3.8, 4) is 5.75 Å². The monoisotopic (exact) mass is 265 g/mol. The Bertz CT molecular complexity index is 621. The van der Waals surface area contributed by atoms with Crippen LogP contribution in [0.4, 0.5) is 0 Å². The fourth-order valence-electron chi connectivity index (χ4n) is 3.37. The molecule has 0 unspecified atom stereocenters. The minimum atomic E-state index is 0.707. The van der Waals surface area contributed by atoms with Crippen LogP contribution in [0.5, 0.6) is 5.75 Å². The van der Waals surface area contributed by atoms with Gasteiger partial charge in [-0.3, -0.25) is 4.90 Å².